The number of carbonyl (C=O) groups is 2. The average Bonchev–Trinajstić information content (AvgIpc) is 3.03. The van der Waals surface area contributed by atoms with Crippen molar-refractivity contribution in [1.29, 1.82) is 0 Å². The lowest BCUT2D eigenvalue weighted by Crippen LogP contribution is -2.47. The molecule has 0 saturated carbocycles. The zero-order valence-electron chi connectivity index (χ0n) is 15.8. The Labute approximate surface area is 151 Å². The van der Waals surface area contributed by atoms with Crippen LogP contribution in [0.25, 0.3) is 0 Å². The number of nitrogens with zero attached hydrogens (tertiary/aromatic N) is 1. The van der Waals surface area contributed by atoms with Gasteiger partial charge in [0.25, 0.3) is 0 Å². The number of benzene rings is 1. The molecule has 1 aromatic rings. The predicted octanol–water partition coefficient (Wildman–Crippen LogP) is 3.26. The van der Waals surface area contributed by atoms with Gasteiger partial charge in [-0.2, -0.15) is 0 Å². The summed E-state index contributed by atoms with van der Waals surface area (Å²) in [4.78, 5) is 25.5. The number of aryl methyl sites for hydroxylation is 1. The van der Waals surface area contributed by atoms with E-state index in [0.717, 1.165) is 6.42 Å². The fourth-order valence-electron chi connectivity index (χ4n) is 3.20. The van der Waals surface area contributed by atoms with Crippen molar-refractivity contribution < 1.29 is 9.59 Å². The van der Waals surface area contributed by atoms with E-state index in [1.807, 2.05) is 6.92 Å². The molecule has 2 atom stereocenters. The topological polar surface area (TPSA) is 61.4 Å². The van der Waals surface area contributed by atoms with Crippen molar-refractivity contribution in [3.05, 3.63) is 35.4 Å². The van der Waals surface area contributed by atoms with Gasteiger partial charge in [0.2, 0.25) is 5.91 Å². The number of hydrogen-bond donors (Lipinski definition) is 2. The summed E-state index contributed by atoms with van der Waals surface area (Å²) in [6.07, 6.45) is 3.51. The highest BCUT2D eigenvalue weighted by Crippen LogP contribution is 2.23. The molecule has 25 heavy (non-hydrogen) atoms. The third-order valence-electron chi connectivity index (χ3n) is 4.75. The molecule has 1 aliphatic rings. The Hall–Kier alpha value is -1.88. The summed E-state index contributed by atoms with van der Waals surface area (Å²) >= 11 is 0. The van der Waals surface area contributed by atoms with Crippen LogP contribution in [0, 0.1) is 5.92 Å². The number of unbranched alkanes of at least 4 members (excludes halogenated alkanes) is 1. The molecule has 0 bridgehead atoms. The average molecular weight is 345 g/mol. The van der Waals surface area contributed by atoms with E-state index in [-0.39, 0.29) is 18.0 Å². The van der Waals surface area contributed by atoms with Crippen LogP contribution in [0.2, 0.25) is 0 Å². The first kappa shape index (κ1) is 19.4. The number of hydrogen-bond acceptors (Lipinski definition) is 3. The van der Waals surface area contributed by atoms with Crippen LogP contribution in [0.15, 0.2) is 24.3 Å². The van der Waals surface area contributed by atoms with Crippen LogP contribution in [-0.4, -0.2) is 36.0 Å². The fourth-order valence-corrected chi connectivity index (χ4v) is 3.20. The van der Waals surface area contributed by atoms with E-state index in [9.17, 15) is 9.59 Å². The molecule has 1 heterocycles. The van der Waals surface area contributed by atoms with Crippen LogP contribution in [0.3, 0.4) is 0 Å². The van der Waals surface area contributed by atoms with E-state index >= 15 is 0 Å². The summed E-state index contributed by atoms with van der Waals surface area (Å²) in [6.45, 7) is 9.29. The van der Waals surface area contributed by atoms with Crippen LogP contribution in [0.1, 0.15) is 57.7 Å². The molecule has 138 valence electrons. The van der Waals surface area contributed by atoms with Gasteiger partial charge in [0.15, 0.2) is 0 Å². The first-order chi connectivity index (χ1) is 11.9. The second kappa shape index (κ2) is 8.99. The lowest BCUT2D eigenvalue weighted by atomic mass is 9.93. The Bertz CT molecular complexity index is 583. The summed E-state index contributed by atoms with van der Waals surface area (Å²) < 4.78 is 0. The van der Waals surface area contributed by atoms with Crippen molar-refractivity contribution in [3.63, 3.8) is 0 Å². The summed E-state index contributed by atoms with van der Waals surface area (Å²) in [5.74, 6) is 0.171. The van der Waals surface area contributed by atoms with Gasteiger partial charge >= 0.3 is 6.03 Å². The van der Waals surface area contributed by atoms with Gasteiger partial charge in [0.1, 0.15) is 0 Å². The first-order valence-corrected chi connectivity index (χ1v) is 9.38. The van der Waals surface area contributed by atoms with Crippen LogP contribution < -0.4 is 10.6 Å². The highest BCUT2D eigenvalue weighted by molar-refractivity contribution is 5.98. The Morgan fingerprint density at radius 2 is 1.92 bits per heavy atom. The Morgan fingerprint density at radius 3 is 2.44 bits per heavy atom. The maximum absolute atomic E-state index is 12.5. The molecule has 0 aromatic heterocycles. The quantitative estimate of drug-likeness (QED) is 0.760. The van der Waals surface area contributed by atoms with Gasteiger partial charge in [-0.15, -0.1) is 0 Å². The van der Waals surface area contributed by atoms with Crippen LogP contribution >= 0.6 is 0 Å². The second-order valence-corrected chi connectivity index (χ2v) is 7.18. The van der Waals surface area contributed by atoms with Crippen molar-refractivity contribution in [3.8, 4) is 0 Å². The molecule has 1 saturated heterocycles. The van der Waals surface area contributed by atoms with E-state index < -0.39 is 6.04 Å². The predicted molar refractivity (Wildman–Crippen MR) is 100 cm³/mol. The number of imide groups is 1. The highest BCUT2D eigenvalue weighted by Gasteiger charge is 2.31. The van der Waals surface area contributed by atoms with Gasteiger partial charge in [0.05, 0.1) is 6.04 Å². The minimum atomic E-state index is -0.406. The number of rotatable bonds is 8. The van der Waals surface area contributed by atoms with Crippen molar-refractivity contribution in [2.75, 3.05) is 13.1 Å². The van der Waals surface area contributed by atoms with Gasteiger partial charge < -0.3 is 5.32 Å². The molecule has 0 unspecified atom stereocenters. The molecule has 5 heteroatoms. The van der Waals surface area contributed by atoms with Crippen LogP contribution in [-0.2, 0) is 11.2 Å². The lowest BCUT2D eigenvalue weighted by Gasteiger charge is -2.28. The molecule has 2 N–H and O–H groups in total. The largest absolute Gasteiger partial charge is 0.336 e. The molecule has 3 amide bonds. The molecule has 1 aliphatic heterocycles. The number of amides is 3. The van der Waals surface area contributed by atoms with E-state index in [1.165, 1.54) is 28.9 Å². The molecule has 1 fully saturated rings. The zero-order valence-corrected chi connectivity index (χ0v) is 15.8. The summed E-state index contributed by atoms with van der Waals surface area (Å²) in [7, 11) is 0. The van der Waals surface area contributed by atoms with E-state index in [2.05, 4.69) is 55.7 Å². The van der Waals surface area contributed by atoms with Gasteiger partial charge in [-0.1, -0.05) is 51.5 Å². The molecule has 0 spiro atoms. The Morgan fingerprint density at radius 1 is 1.24 bits per heavy atom. The van der Waals surface area contributed by atoms with Crippen molar-refractivity contribution in [2.45, 2.75) is 59.0 Å². The van der Waals surface area contributed by atoms with E-state index in [4.69, 9.17) is 0 Å². The van der Waals surface area contributed by atoms with E-state index in [0.29, 0.717) is 19.0 Å². The molecule has 0 aliphatic carbocycles. The molecule has 2 rings (SSSR count). The fraction of sp³-hybridized carbons (Fsp3) is 0.600. The summed E-state index contributed by atoms with van der Waals surface area (Å²) in [5, 5.41) is 6.10. The minimum absolute atomic E-state index is 0.0739. The third-order valence-corrected chi connectivity index (χ3v) is 4.75. The maximum Gasteiger partial charge on any atom is 0.324 e. The monoisotopic (exact) mass is 345 g/mol. The number of nitrogens with one attached hydrogen (secondary N) is 2. The standard InChI is InChI=1S/C20H31N3O2/c1-5-6-7-16-8-10-17(11-9-16)18(14(2)3)22-15(4)19(24)23-13-12-21-20(23)25/h8-11,14-15,18,22H,5-7,12-13H2,1-4H3,(H,21,25)/t15-,18+/m0/s1. The van der Waals surface area contributed by atoms with Crippen molar-refractivity contribution in [2.24, 2.45) is 5.92 Å². The second-order valence-electron chi connectivity index (χ2n) is 7.18. The molecule has 1 aromatic carbocycles. The van der Waals surface area contributed by atoms with Crippen molar-refractivity contribution >= 4 is 11.9 Å². The summed E-state index contributed by atoms with van der Waals surface area (Å²) in [6, 6.07) is 8.05. The smallest absolute Gasteiger partial charge is 0.324 e. The molecule has 5 nitrogen and oxygen atoms in total. The molecule has 0 radical (unpaired) electrons. The van der Waals surface area contributed by atoms with Crippen molar-refractivity contribution in [1.82, 2.24) is 15.5 Å². The SMILES string of the molecule is CCCCc1ccc([C@H](N[C@@H](C)C(=O)N2CCNC2=O)C(C)C)cc1. The number of urea groups is 1. The lowest BCUT2D eigenvalue weighted by molar-refractivity contribution is -0.129. The van der Waals surface area contributed by atoms with E-state index in [1.54, 1.807) is 0 Å². The van der Waals surface area contributed by atoms with Gasteiger partial charge in [0, 0.05) is 19.1 Å². The number of carbonyl (C=O) groups excluding carboxylic acids is 2. The minimum Gasteiger partial charge on any atom is -0.336 e. The molecular formula is C20H31N3O2. The van der Waals surface area contributed by atoms with Crippen LogP contribution in [0.4, 0.5) is 4.79 Å². The highest BCUT2D eigenvalue weighted by atomic mass is 16.2. The summed E-state index contributed by atoms with van der Waals surface area (Å²) in [5.41, 5.74) is 2.53. The molecular weight excluding hydrogens is 314 g/mol. The van der Waals surface area contributed by atoms with Gasteiger partial charge in [-0.25, -0.2) is 4.79 Å². The third kappa shape index (κ3) is 5.05. The first-order valence-electron chi connectivity index (χ1n) is 9.38. The van der Waals surface area contributed by atoms with Crippen LogP contribution in [0.5, 0.6) is 0 Å². The van der Waals surface area contributed by atoms with Gasteiger partial charge in [-0.05, 0) is 36.8 Å². The Balaban J connectivity index is 2.04. The van der Waals surface area contributed by atoms with Gasteiger partial charge in [-0.3, -0.25) is 15.0 Å². The maximum atomic E-state index is 12.5. The zero-order chi connectivity index (χ0) is 18.4. The normalized spacial score (nSPS) is 16.8. The Kier molecular flexibility index (Phi) is 7.00.